The summed E-state index contributed by atoms with van der Waals surface area (Å²) in [6, 6.07) is 14.6. The summed E-state index contributed by atoms with van der Waals surface area (Å²) in [5.74, 6) is 0.848. The van der Waals surface area contributed by atoms with Gasteiger partial charge < -0.3 is 19.7 Å². The number of benzene rings is 2. The smallest absolute Gasteiger partial charge is 0.229 e. The Hall–Kier alpha value is -3.02. The monoisotopic (exact) mass is 382 g/mol. The number of nitrogens with zero attached hydrogens (tertiary/aromatic N) is 1. The van der Waals surface area contributed by atoms with Crippen LogP contribution in [-0.2, 0) is 9.59 Å². The lowest BCUT2D eigenvalue weighted by Crippen LogP contribution is -2.28. The predicted molar refractivity (Wildman–Crippen MR) is 109 cm³/mol. The highest BCUT2D eigenvalue weighted by Crippen LogP contribution is 2.28. The summed E-state index contributed by atoms with van der Waals surface area (Å²) in [5, 5.41) is 2.90. The van der Waals surface area contributed by atoms with Crippen LogP contribution in [0.5, 0.6) is 11.5 Å². The van der Waals surface area contributed by atoms with Crippen molar-refractivity contribution in [3.05, 3.63) is 48.5 Å². The van der Waals surface area contributed by atoms with Crippen LogP contribution in [-0.4, -0.2) is 31.1 Å². The van der Waals surface area contributed by atoms with E-state index in [1.54, 1.807) is 11.0 Å². The number of amides is 2. The number of carbonyl (C=O) groups excluding carboxylic acids is 2. The van der Waals surface area contributed by atoms with E-state index in [0.29, 0.717) is 24.6 Å². The number of hydrogen-bond acceptors (Lipinski definition) is 4. The van der Waals surface area contributed by atoms with Gasteiger partial charge in [-0.25, -0.2) is 0 Å². The largest absolute Gasteiger partial charge is 0.494 e. The third-order valence-corrected chi connectivity index (χ3v) is 4.43. The molecule has 2 amide bonds. The van der Waals surface area contributed by atoms with Crippen LogP contribution in [0.4, 0.5) is 11.4 Å². The van der Waals surface area contributed by atoms with Gasteiger partial charge in [0.05, 0.1) is 18.6 Å². The zero-order chi connectivity index (χ0) is 20.1. The normalized spacial score (nSPS) is 16.4. The molecule has 0 bridgehead atoms. The fraction of sp³-hybridized carbons (Fsp3) is 0.364. The summed E-state index contributed by atoms with van der Waals surface area (Å²) in [5.41, 5.74) is 1.44. The zero-order valence-corrected chi connectivity index (χ0v) is 16.5. The van der Waals surface area contributed by atoms with Crippen molar-refractivity contribution >= 4 is 23.2 Å². The minimum absolute atomic E-state index is 0.0544. The van der Waals surface area contributed by atoms with Crippen LogP contribution in [0, 0.1) is 5.92 Å². The highest BCUT2D eigenvalue weighted by atomic mass is 16.5. The van der Waals surface area contributed by atoms with Crippen LogP contribution in [0.25, 0.3) is 0 Å². The summed E-state index contributed by atoms with van der Waals surface area (Å²) < 4.78 is 11.1. The standard InChI is InChI=1S/C22H26N2O4/c1-4-27-19-10-8-18(9-11-19)24-14-16(12-21(24)25)22(26)23-17-6-5-7-20(13-17)28-15(2)3/h5-11,13,15-16H,4,12,14H2,1-3H3,(H,23,26)/t16-/m0/s1. The molecule has 1 saturated heterocycles. The first kappa shape index (κ1) is 19.7. The van der Waals surface area contributed by atoms with Crippen molar-refractivity contribution in [3.8, 4) is 11.5 Å². The van der Waals surface area contributed by atoms with Gasteiger partial charge in [-0.05, 0) is 57.2 Å². The van der Waals surface area contributed by atoms with Crippen molar-refractivity contribution in [3.63, 3.8) is 0 Å². The number of ether oxygens (including phenoxy) is 2. The molecule has 1 aliphatic heterocycles. The Labute approximate surface area is 165 Å². The lowest BCUT2D eigenvalue weighted by Gasteiger charge is -2.17. The SMILES string of the molecule is CCOc1ccc(N2C[C@@H](C(=O)Nc3cccc(OC(C)C)c3)CC2=O)cc1. The first-order valence-corrected chi connectivity index (χ1v) is 9.57. The summed E-state index contributed by atoms with van der Waals surface area (Å²) in [7, 11) is 0. The van der Waals surface area contributed by atoms with E-state index in [0.717, 1.165) is 11.4 Å². The molecule has 0 aromatic heterocycles. The summed E-state index contributed by atoms with van der Waals surface area (Å²) in [6.07, 6.45) is 0.252. The molecule has 3 rings (SSSR count). The molecule has 1 atom stereocenters. The van der Waals surface area contributed by atoms with E-state index in [1.165, 1.54) is 0 Å². The molecule has 0 aliphatic carbocycles. The molecule has 2 aromatic rings. The van der Waals surface area contributed by atoms with Gasteiger partial charge in [-0.3, -0.25) is 9.59 Å². The fourth-order valence-electron chi connectivity index (χ4n) is 3.19. The number of nitrogens with one attached hydrogen (secondary N) is 1. The lowest BCUT2D eigenvalue weighted by atomic mass is 10.1. The third kappa shape index (κ3) is 4.82. The molecular weight excluding hydrogens is 356 g/mol. The molecule has 1 N–H and O–H groups in total. The Morgan fingerprint density at radius 3 is 2.61 bits per heavy atom. The molecule has 0 saturated carbocycles. The molecule has 6 nitrogen and oxygen atoms in total. The number of hydrogen-bond donors (Lipinski definition) is 1. The molecule has 148 valence electrons. The third-order valence-electron chi connectivity index (χ3n) is 4.43. The first-order chi connectivity index (χ1) is 13.5. The van der Waals surface area contributed by atoms with Gasteiger partial charge in [0.25, 0.3) is 0 Å². The Balaban J connectivity index is 1.63. The van der Waals surface area contributed by atoms with Gasteiger partial charge in [-0.2, -0.15) is 0 Å². The van der Waals surface area contributed by atoms with Gasteiger partial charge in [-0.15, -0.1) is 0 Å². The second-order valence-corrected chi connectivity index (χ2v) is 7.02. The van der Waals surface area contributed by atoms with Crippen molar-refractivity contribution in [2.24, 2.45) is 5.92 Å². The predicted octanol–water partition coefficient (Wildman–Crippen LogP) is 3.86. The van der Waals surface area contributed by atoms with Crippen LogP contribution < -0.4 is 19.7 Å². The quantitative estimate of drug-likeness (QED) is 0.789. The van der Waals surface area contributed by atoms with Gasteiger partial charge in [0.15, 0.2) is 0 Å². The van der Waals surface area contributed by atoms with E-state index in [9.17, 15) is 9.59 Å². The molecule has 1 aliphatic rings. The maximum absolute atomic E-state index is 12.7. The van der Waals surface area contributed by atoms with Gasteiger partial charge in [0.2, 0.25) is 11.8 Å². The molecule has 0 spiro atoms. The molecule has 6 heteroatoms. The zero-order valence-electron chi connectivity index (χ0n) is 16.5. The van der Waals surface area contributed by atoms with Gasteiger partial charge in [-0.1, -0.05) is 6.07 Å². The van der Waals surface area contributed by atoms with Crippen LogP contribution in [0.2, 0.25) is 0 Å². The van der Waals surface area contributed by atoms with Crippen molar-refractivity contribution in [1.29, 1.82) is 0 Å². The molecule has 1 fully saturated rings. The second kappa shape index (κ2) is 8.78. The van der Waals surface area contributed by atoms with E-state index < -0.39 is 5.92 Å². The van der Waals surface area contributed by atoms with Crippen molar-refractivity contribution < 1.29 is 19.1 Å². The number of carbonyl (C=O) groups is 2. The fourth-order valence-corrected chi connectivity index (χ4v) is 3.19. The molecule has 28 heavy (non-hydrogen) atoms. The van der Waals surface area contributed by atoms with E-state index in [1.807, 2.05) is 63.2 Å². The van der Waals surface area contributed by atoms with Gasteiger partial charge in [0.1, 0.15) is 11.5 Å². The summed E-state index contributed by atoms with van der Waals surface area (Å²) in [4.78, 5) is 26.7. The maximum atomic E-state index is 12.7. The van der Waals surface area contributed by atoms with Crippen molar-refractivity contribution in [1.82, 2.24) is 0 Å². The van der Waals surface area contributed by atoms with E-state index >= 15 is 0 Å². The van der Waals surface area contributed by atoms with Crippen LogP contribution in [0.1, 0.15) is 27.2 Å². The summed E-state index contributed by atoms with van der Waals surface area (Å²) in [6.45, 7) is 6.77. The topological polar surface area (TPSA) is 67.9 Å². The average molecular weight is 382 g/mol. The summed E-state index contributed by atoms with van der Waals surface area (Å²) >= 11 is 0. The minimum atomic E-state index is -0.395. The average Bonchev–Trinajstić information content (AvgIpc) is 3.04. The number of rotatable bonds is 7. The molecule has 2 aromatic carbocycles. The van der Waals surface area contributed by atoms with Crippen LogP contribution in [0.3, 0.4) is 0 Å². The van der Waals surface area contributed by atoms with Crippen molar-refractivity contribution in [2.45, 2.75) is 33.3 Å². The van der Waals surface area contributed by atoms with E-state index in [2.05, 4.69) is 5.32 Å². The van der Waals surface area contributed by atoms with E-state index in [-0.39, 0.29) is 24.3 Å². The van der Waals surface area contributed by atoms with E-state index in [4.69, 9.17) is 9.47 Å². The van der Waals surface area contributed by atoms with Gasteiger partial charge >= 0.3 is 0 Å². The minimum Gasteiger partial charge on any atom is -0.494 e. The molecule has 0 radical (unpaired) electrons. The Bertz CT molecular complexity index is 833. The Kier molecular flexibility index (Phi) is 6.19. The highest BCUT2D eigenvalue weighted by Gasteiger charge is 2.35. The van der Waals surface area contributed by atoms with Crippen LogP contribution in [0.15, 0.2) is 48.5 Å². The van der Waals surface area contributed by atoms with Crippen LogP contribution >= 0.6 is 0 Å². The Morgan fingerprint density at radius 2 is 1.93 bits per heavy atom. The maximum Gasteiger partial charge on any atom is 0.229 e. The number of anilines is 2. The highest BCUT2D eigenvalue weighted by molar-refractivity contribution is 6.03. The van der Waals surface area contributed by atoms with Crippen molar-refractivity contribution in [2.75, 3.05) is 23.4 Å². The molecular formula is C22H26N2O4. The Morgan fingerprint density at radius 1 is 1.18 bits per heavy atom. The lowest BCUT2D eigenvalue weighted by molar-refractivity contribution is -0.122. The molecule has 0 unspecified atom stereocenters. The first-order valence-electron chi connectivity index (χ1n) is 9.57. The van der Waals surface area contributed by atoms with Gasteiger partial charge in [0, 0.05) is 30.4 Å². The molecule has 1 heterocycles. The second-order valence-electron chi connectivity index (χ2n) is 7.02.